The topological polar surface area (TPSA) is 24.9 Å². The Kier molecular flexibility index (Phi) is 2.44. The van der Waals surface area contributed by atoms with Crippen LogP contribution in [0.25, 0.3) is 0 Å². The average Bonchev–Trinajstić information content (AvgIpc) is 2.82. The van der Waals surface area contributed by atoms with E-state index in [9.17, 15) is 0 Å². The Balaban J connectivity index is 2.07. The molecule has 1 N–H and O–H groups in total. The van der Waals surface area contributed by atoms with E-state index in [1.165, 1.54) is 18.4 Å². The summed E-state index contributed by atoms with van der Waals surface area (Å²) in [5.41, 5.74) is 2.37. The molecule has 1 heterocycles. The van der Waals surface area contributed by atoms with Gasteiger partial charge in [-0.2, -0.15) is 0 Å². The van der Waals surface area contributed by atoms with Gasteiger partial charge in [-0.3, -0.25) is 0 Å². The first-order chi connectivity index (χ1) is 6.65. The minimum atomic E-state index is 0.573. The van der Waals surface area contributed by atoms with Gasteiger partial charge in [0.05, 0.1) is 0 Å². The van der Waals surface area contributed by atoms with Crippen LogP contribution in [0.2, 0.25) is 0 Å². The maximum absolute atomic E-state index is 4.47. The highest BCUT2D eigenvalue weighted by atomic mass is 15.0. The molecule has 0 saturated heterocycles. The molecular weight excluding hydrogens is 172 g/mol. The van der Waals surface area contributed by atoms with E-state index in [0.717, 1.165) is 17.4 Å². The summed E-state index contributed by atoms with van der Waals surface area (Å²) < 4.78 is 0. The van der Waals surface area contributed by atoms with Crippen molar-refractivity contribution in [2.45, 2.75) is 39.7 Å². The fourth-order valence-corrected chi connectivity index (χ4v) is 1.86. The standard InChI is InChI=1S/C12H18N2/c1-8-6-9(2)13-12(7-8)14-10(3)11-4-5-11/h6-7,10-11H,4-5H2,1-3H3,(H,13,14). The number of aryl methyl sites for hydroxylation is 2. The van der Waals surface area contributed by atoms with Crippen LogP contribution >= 0.6 is 0 Å². The third-order valence-electron chi connectivity index (χ3n) is 2.80. The van der Waals surface area contributed by atoms with Crippen molar-refractivity contribution in [3.63, 3.8) is 0 Å². The molecule has 0 amide bonds. The van der Waals surface area contributed by atoms with Gasteiger partial charge in [0, 0.05) is 11.7 Å². The predicted molar refractivity (Wildman–Crippen MR) is 59.5 cm³/mol. The Hall–Kier alpha value is -1.05. The monoisotopic (exact) mass is 190 g/mol. The van der Waals surface area contributed by atoms with Crippen molar-refractivity contribution in [3.8, 4) is 0 Å². The quantitative estimate of drug-likeness (QED) is 0.792. The molecule has 2 rings (SSSR count). The second-order valence-corrected chi connectivity index (χ2v) is 4.44. The number of rotatable bonds is 3. The average molecular weight is 190 g/mol. The van der Waals surface area contributed by atoms with Gasteiger partial charge in [-0.15, -0.1) is 0 Å². The molecule has 1 atom stereocenters. The summed E-state index contributed by atoms with van der Waals surface area (Å²) in [6.45, 7) is 6.40. The van der Waals surface area contributed by atoms with Gasteiger partial charge < -0.3 is 5.32 Å². The maximum Gasteiger partial charge on any atom is 0.126 e. The summed E-state index contributed by atoms with van der Waals surface area (Å²) in [4.78, 5) is 4.47. The number of nitrogens with one attached hydrogen (secondary N) is 1. The summed E-state index contributed by atoms with van der Waals surface area (Å²) in [7, 11) is 0. The largest absolute Gasteiger partial charge is 0.367 e. The summed E-state index contributed by atoms with van der Waals surface area (Å²) >= 11 is 0. The second kappa shape index (κ2) is 3.60. The van der Waals surface area contributed by atoms with Crippen molar-refractivity contribution < 1.29 is 0 Å². The summed E-state index contributed by atoms with van der Waals surface area (Å²) in [6, 6.07) is 4.79. The number of nitrogens with zero attached hydrogens (tertiary/aromatic N) is 1. The van der Waals surface area contributed by atoms with Gasteiger partial charge >= 0.3 is 0 Å². The number of pyridine rings is 1. The van der Waals surface area contributed by atoms with Crippen LogP contribution in [0, 0.1) is 19.8 Å². The molecule has 14 heavy (non-hydrogen) atoms. The zero-order valence-electron chi connectivity index (χ0n) is 9.17. The fourth-order valence-electron chi connectivity index (χ4n) is 1.86. The molecule has 1 aliphatic carbocycles. The number of anilines is 1. The zero-order valence-corrected chi connectivity index (χ0v) is 9.17. The summed E-state index contributed by atoms with van der Waals surface area (Å²) in [5.74, 6) is 1.90. The molecule has 76 valence electrons. The second-order valence-electron chi connectivity index (χ2n) is 4.44. The molecule has 0 bridgehead atoms. The van der Waals surface area contributed by atoms with E-state index in [4.69, 9.17) is 0 Å². The van der Waals surface area contributed by atoms with Gasteiger partial charge in [-0.05, 0) is 57.2 Å². The zero-order chi connectivity index (χ0) is 10.1. The van der Waals surface area contributed by atoms with Gasteiger partial charge in [0.15, 0.2) is 0 Å². The van der Waals surface area contributed by atoms with Crippen LogP contribution in [-0.2, 0) is 0 Å². The first kappa shape index (κ1) is 9.50. The van der Waals surface area contributed by atoms with Gasteiger partial charge in [0.25, 0.3) is 0 Å². The van der Waals surface area contributed by atoms with E-state index >= 15 is 0 Å². The Morgan fingerprint density at radius 3 is 2.64 bits per heavy atom. The molecule has 0 radical (unpaired) electrons. The molecule has 1 fully saturated rings. The van der Waals surface area contributed by atoms with Crippen LogP contribution in [0.1, 0.15) is 31.0 Å². The van der Waals surface area contributed by atoms with Crippen molar-refractivity contribution in [2.24, 2.45) is 5.92 Å². The molecule has 2 heteroatoms. The van der Waals surface area contributed by atoms with Gasteiger partial charge in [0.1, 0.15) is 5.82 Å². The van der Waals surface area contributed by atoms with Crippen LogP contribution in [0.4, 0.5) is 5.82 Å². The van der Waals surface area contributed by atoms with Crippen LogP contribution in [0.15, 0.2) is 12.1 Å². The molecule has 1 unspecified atom stereocenters. The fraction of sp³-hybridized carbons (Fsp3) is 0.583. The van der Waals surface area contributed by atoms with E-state index in [0.29, 0.717) is 6.04 Å². The van der Waals surface area contributed by atoms with Crippen molar-refractivity contribution in [1.82, 2.24) is 4.98 Å². The van der Waals surface area contributed by atoms with Crippen molar-refractivity contribution >= 4 is 5.82 Å². The predicted octanol–water partition coefficient (Wildman–Crippen LogP) is 2.91. The Morgan fingerprint density at radius 2 is 2.07 bits per heavy atom. The van der Waals surface area contributed by atoms with Crippen LogP contribution in [-0.4, -0.2) is 11.0 Å². The summed E-state index contributed by atoms with van der Waals surface area (Å²) in [5, 5.41) is 3.47. The van der Waals surface area contributed by atoms with Gasteiger partial charge in [-0.1, -0.05) is 0 Å². The van der Waals surface area contributed by atoms with E-state index in [1.54, 1.807) is 0 Å². The van der Waals surface area contributed by atoms with Gasteiger partial charge in [0.2, 0.25) is 0 Å². The molecule has 1 aromatic heterocycles. The van der Waals surface area contributed by atoms with E-state index in [-0.39, 0.29) is 0 Å². The Bertz CT molecular complexity index is 309. The van der Waals surface area contributed by atoms with Crippen molar-refractivity contribution in [1.29, 1.82) is 0 Å². The molecular formula is C12H18N2. The highest BCUT2D eigenvalue weighted by Crippen LogP contribution is 2.33. The first-order valence-corrected chi connectivity index (χ1v) is 5.37. The van der Waals surface area contributed by atoms with E-state index in [2.05, 4.69) is 36.3 Å². The molecule has 0 spiro atoms. The smallest absolute Gasteiger partial charge is 0.126 e. The maximum atomic E-state index is 4.47. The van der Waals surface area contributed by atoms with E-state index in [1.807, 2.05) is 6.92 Å². The Morgan fingerprint density at radius 1 is 1.36 bits per heavy atom. The third kappa shape index (κ3) is 2.25. The van der Waals surface area contributed by atoms with Crippen molar-refractivity contribution in [3.05, 3.63) is 23.4 Å². The first-order valence-electron chi connectivity index (χ1n) is 5.37. The highest BCUT2D eigenvalue weighted by Gasteiger charge is 2.27. The number of aromatic nitrogens is 1. The van der Waals surface area contributed by atoms with Crippen molar-refractivity contribution in [2.75, 3.05) is 5.32 Å². The summed E-state index contributed by atoms with van der Waals surface area (Å²) in [6.07, 6.45) is 2.75. The number of hydrogen-bond acceptors (Lipinski definition) is 2. The Labute approximate surface area is 85.7 Å². The van der Waals surface area contributed by atoms with Crippen LogP contribution in [0.5, 0.6) is 0 Å². The minimum Gasteiger partial charge on any atom is -0.367 e. The number of hydrogen-bond donors (Lipinski definition) is 1. The lowest BCUT2D eigenvalue weighted by Gasteiger charge is -2.14. The SMILES string of the molecule is Cc1cc(C)nc(NC(C)C2CC2)c1. The lowest BCUT2D eigenvalue weighted by Crippen LogP contribution is -2.18. The molecule has 2 nitrogen and oxygen atoms in total. The lowest BCUT2D eigenvalue weighted by molar-refractivity contribution is 0.690. The minimum absolute atomic E-state index is 0.573. The third-order valence-corrected chi connectivity index (χ3v) is 2.80. The molecule has 1 aromatic rings. The van der Waals surface area contributed by atoms with Crippen LogP contribution in [0.3, 0.4) is 0 Å². The normalized spacial score (nSPS) is 17.9. The molecule has 1 aliphatic rings. The van der Waals surface area contributed by atoms with E-state index < -0.39 is 0 Å². The molecule has 0 aromatic carbocycles. The molecule has 1 saturated carbocycles. The molecule has 0 aliphatic heterocycles. The highest BCUT2D eigenvalue weighted by molar-refractivity contribution is 5.40. The lowest BCUT2D eigenvalue weighted by atomic mass is 10.2. The van der Waals surface area contributed by atoms with Gasteiger partial charge in [-0.25, -0.2) is 4.98 Å². The van der Waals surface area contributed by atoms with Crippen LogP contribution < -0.4 is 5.32 Å².